The Morgan fingerprint density at radius 2 is 1.76 bits per heavy atom. The molecule has 2 aromatic carbocycles. The first-order valence-corrected chi connectivity index (χ1v) is 9.30. The van der Waals surface area contributed by atoms with Gasteiger partial charge < -0.3 is 4.74 Å². The predicted octanol–water partition coefficient (Wildman–Crippen LogP) is 3.18. The molecule has 0 fully saturated rings. The molecule has 0 heterocycles. The Kier molecular flexibility index (Phi) is 4.80. The first-order chi connectivity index (χ1) is 9.92. The summed E-state index contributed by atoms with van der Waals surface area (Å²) in [6.45, 7) is 1.91. The van der Waals surface area contributed by atoms with Crippen molar-refractivity contribution < 1.29 is 13.2 Å². The van der Waals surface area contributed by atoms with Gasteiger partial charge in [0.05, 0.1) is 12.0 Å². The van der Waals surface area contributed by atoms with Crippen LogP contribution in [0.4, 0.5) is 0 Å². The molecule has 0 amide bonds. The van der Waals surface area contributed by atoms with Gasteiger partial charge in [0.25, 0.3) is 10.0 Å². The molecular formula is C15H17NO3S2. The third kappa shape index (κ3) is 3.92. The molecule has 0 unspecified atom stereocenters. The second-order valence-electron chi connectivity index (χ2n) is 4.52. The summed E-state index contributed by atoms with van der Waals surface area (Å²) in [6, 6.07) is 14.0. The van der Waals surface area contributed by atoms with Crippen LogP contribution in [0.2, 0.25) is 0 Å². The van der Waals surface area contributed by atoms with Crippen LogP contribution in [-0.2, 0) is 20.7 Å². The second kappa shape index (κ2) is 6.41. The van der Waals surface area contributed by atoms with Gasteiger partial charge in [-0.1, -0.05) is 34.5 Å². The largest absolute Gasteiger partial charge is 0.497 e. The van der Waals surface area contributed by atoms with E-state index in [9.17, 15) is 8.42 Å². The van der Waals surface area contributed by atoms with Crippen LogP contribution >= 0.6 is 0 Å². The second-order valence-corrected chi connectivity index (χ2v) is 7.96. The molecule has 2 rings (SSSR count). The summed E-state index contributed by atoms with van der Waals surface area (Å²) in [7, 11) is -2.83. The van der Waals surface area contributed by atoms with E-state index < -0.39 is 20.7 Å². The van der Waals surface area contributed by atoms with Crippen molar-refractivity contribution in [1.82, 2.24) is 0 Å². The number of methoxy groups -OCH3 is 1. The van der Waals surface area contributed by atoms with Crippen molar-refractivity contribution in [2.24, 2.45) is 3.77 Å². The standard InChI is InChI=1S/C15H17NO3S2/c1-12-7-9-15(10-8-12)21(17,18)16-20(3)14-6-4-5-13(11-14)19-2/h4-11H,1-3H3/t20-/m0/s1. The highest BCUT2D eigenvalue weighted by molar-refractivity contribution is 7.99. The van der Waals surface area contributed by atoms with Crippen molar-refractivity contribution >= 4 is 20.7 Å². The number of hydrogen-bond acceptors (Lipinski definition) is 3. The maximum Gasteiger partial charge on any atom is 0.288 e. The molecular weight excluding hydrogens is 306 g/mol. The normalized spacial score (nSPS) is 13.1. The van der Waals surface area contributed by atoms with Crippen LogP contribution in [0.25, 0.3) is 0 Å². The molecule has 0 aliphatic rings. The molecule has 4 nitrogen and oxygen atoms in total. The molecule has 21 heavy (non-hydrogen) atoms. The van der Waals surface area contributed by atoms with Crippen molar-refractivity contribution in [3.8, 4) is 5.75 Å². The summed E-state index contributed by atoms with van der Waals surface area (Å²) in [5.74, 6) is 0.690. The molecule has 0 aliphatic carbocycles. The van der Waals surface area contributed by atoms with Crippen molar-refractivity contribution in [1.29, 1.82) is 0 Å². The highest BCUT2D eigenvalue weighted by atomic mass is 32.3. The smallest absolute Gasteiger partial charge is 0.288 e. The fourth-order valence-corrected chi connectivity index (χ4v) is 4.64. The van der Waals surface area contributed by atoms with E-state index in [-0.39, 0.29) is 4.90 Å². The zero-order valence-corrected chi connectivity index (χ0v) is 13.7. The quantitative estimate of drug-likeness (QED) is 0.868. The summed E-state index contributed by atoms with van der Waals surface area (Å²) in [5, 5.41) is 0. The Labute approximate surface area is 127 Å². The van der Waals surface area contributed by atoms with Crippen LogP contribution in [0.15, 0.2) is 62.1 Å². The molecule has 0 aliphatic heterocycles. The van der Waals surface area contributed by atoms with E-state index in [0.29, 0.717) is 5.75 Å². The van der Waals surface area contributed by atoms with Crippen LogP contribution in [0.5, 0.6) is 5.75 Å². The predicted molar refractivity (Wildman–Crippen MR) is 85.3 cm³/mol. The van der Waals surface area contributed by atoms with E-state index in [1.54, 1.807) is 43.7 Å². The van der Waals surface area contributed by atoms with Gasteiger partial charge >= 0.3 is 0 Å². The lowest BCUT2D eigenvalue weighted by Gasteiger charge is -2.06. The Morgan fingerprint density at radius 1 is 1.10 bits per heavy atom. The molecule has 2 aromatic rings. The lowest BCUT2D eigenvalue weighted by molar-refractivity contribution is 0.413. The Morgan fingerprint density at radius 3 is 2.38 bits per heavy atom. The number of nitrogens with zero attached hydrogens (tertiary/aromatic N) is 1. The van der Waals surface area contributed by atoms with Crippen LogP contribution in [-0.4, -0.2) is 21.8 Å². The highest BCUT2D eigenvalue weighted by Crippen LogP contribution is 2.19. The van der Waals surface area contributed by atoms with Gasteiger partial charge in [-0.25, -0.2) is 0 Å². The lowest BCUT2D eigenvalue weighted by atomic mass is 10.2. The topological polar surface area (TPSA) is 55.7 Å². The maximum atomic E-state index is 12.3. The summed E-state index contributed by atoms with van der Waals surface area (Å²) >= 11 is 0. The minimum absolute atomic E-state index is 0.218. The van der Waals surface area contributed by atoms with Gasteiger partial charge in [-0.05, 0) is 43.5 Å². The zero-order valence-electron chi connectivity index (χ0n) is 12.1. The maximum absolute atomic E-state index is 12.3. The number of ether oxygens (including phenoxy) is 1. The number of benzene rings is 2. The third-order valence-electron chi connectivity index (χ3n) is 2.91. The van der Waals surface area contributed by atoms with E-state index in [2.05, 4.69) is 3.77 Å². The molecule has 0 saturated heterocycles. The molecule has 6 heteroatoms. The van der Waals surface area contributed by atoms with Gasteiger partial charge in [0.1, 0.15) is 5.75 Å². The summed E-state index contributed by atoms with van der Waals surface area (Å²) in [6.07, 6.45) is 1.78. The SMILES string of the molecule is COc1cccc([S@](C)=NS(=O)(=O)c2ccc(C)cc2)c1. The van der Waals surface area contributed by atoms with Crippen LogP contribution in [0.3, 0.4) is 0 Å². The van der Waals surface area contributed by atoms with Crippen LogP contribution in [0.1, 0.15) is 5.56 Å². The van der Waals surface area contributed by atoms with Gasteiger partial charge in [-0.3, -0.25) is 0 Å². The lowest BCUT2D eigenvalue weighted by Crippen LogP contribution is -2.00. The molecule has 0 saturated carbocycles. The number of hydrogen-bond donors (Lipinski definition) is 0. The van der Waals surface area contributed by atoms with E-state index in [0.717, 1.165) is 10.5 Å². The van der Waals surface area contributed by atoms with Crippen LogP contribution < -0.4 is 4.74 Å². The van der Waals surface area contributed by atoms with Gasteiger partial charge in [0.15, 0.2) is 0 Å². The average Bonchev–Trinajstić information content (AvgIpc) is 2.47. The van der Waals surface area contributed by atoms with E-state index >= 15 is 0 Å². The summed E-state index contributed by atoms with van der Waals surface area (Å²) < 4.78 is 33.7. The molecule has 0 radical (unpaired) electrons. The summed E-state index contributed by atoms with van der Waals surface area (Å²) in [4.78, 5) is 1.04. The molecule has 112 valence electrons. The fraction of sp³-hybridized carbons (Fsp3) is 0.200. The molecule has 0 N–H and O–H groups in total. The number of sulfonamides is 1. The highest BCUT2D eigenvalue weighted by Gasteiger charge is 2.13. The molecule has 0 aromatic heterocycles. The Bertz CT molecular complexity index is 766. The van der Waals surface area contributed by atoms with E-state index in [1.165, 1.54) is 0 Å². The van der Waals surface area contributed by atoms with Crippen molar-refractivity contribution in [2.45, 2.75) is 16.7 Å². The Balaban J connectivity index is 2.38. The zero-order chi connectivity index (χ0) is 15.5. The number of rotatable bonds is 4. The average molecular weight is 323 g/mol. The van der Waals surface area contributed by atoms with Gasteiger partial charge in [-0.15, -0.1) is 3.77 Å². The minimum atomic E-state index is -3.65. The Hall–Kier alpha value is -1.66. The number of aryl methyl sites for hydroxylation is 1. The van der Waals surface area contributed by atoms with E-state index in [4.69, 9.17) is 4.74 Å². The molecule has 1 atom stereocenters. The van der Waals surface area contributed by atoms with Crippen LogP contribution in [0, 0.1) is 6.92 Å². The summed E-state index contributed by atoms with van der Waals surface area (Å²) in [5.41, 5.74) is 1.01. The monoisotopic (exact) mass is 323 g/mol. The van der Waals surface area contributed by atoms with E-state index in [1.807, 2.05) is 25.1 Å². The first-order valence-electron chi connectivity index (χ1n) is 6.27. The minimum Gasteiger partial charge on any atom is -0.497 e. The molecule has 0 bridgehead atoms. The third-order valence-corrected chi connectivity index (χ3v) is 6.39. The molecule has 0 spiro atoms. The van der Waals surface area contributed by atoms with Gasteiger partial charge in [-0.2, -0.15) is 8.42 Å². The van der Waals surface area contributed by atoms with Gasteiger partial charge in [0, 0.05) is 4.90 Å². The van der Waals surface area contributed by atoms with Crippen molar-refractivity contribution in [3.05, 3.63) is 54.1 Å². The first kappa shape index (κ1) is 15.7. The van der Waals surface area contributed by atoms with Crippen molar-refractivity contribution in [3.63, 3.8) is 0 Å². The van der Waals surface area contributed by atoms with Crippen molar-refractivity contribution in [2.75, 3.05) is 13.4 Å². The fourth-order valence-electron chi connectivity index (χ4n) is 1.73. The van der Waals surface area contributed by atoms with Gasteiger partial charge in [0.2, 0.25) is 0 Å².